The van der Waals surface area contributed by atoms with Gasteiger partial charge in [-0.3, -0.25) is 5.10 Å². The first-order valence-electron chi connectivity index (χ1n) is 9.21. The third kappa shape index (κ3) is 4.28. The Morgan fingerprint density at radius 3 is 2.77 bits per heavy atom. The number of aromatic amines is 1. The fraction of sp³-hybridized carbons (Fsp3) is 0.0909. The van der Waals surface area contributed by atoms with Crippen LogP contribution in [0.2, 0.25) is 0 Å². The van der Waals surface area contributed by atoms with Gasteiger partial charge in [0.05, 0.1) is 12.2 Å². The van der Waals surface area contributed by atoms with E-state index in [4.69, 9.17) is 17.0 Å². The lowest BCUT2D eigenvalue weighted by atomic mass is 10.0. The number of hydrogen-bond acceptors (Lipinski definition) is 6. The first-order valence-corrected chi connectivity index (χ1v) is 9.61. The van der Waals surface area contributed by atoms with Gasteiger partial charge in [0.25, 0.3) is 0 Å². The van der Waals surface area contributed by atoms with E-state index < -0.39 is 12.6 Å². The minimum absolute atomic E-state index is 0.356. The molecule has 1 N–H and O–H groups in total. The quantitative estimate of drug-likeness (QED) is 0.368. The summed E-state index contributed by atoms with van der Waals surface area (Å²) in [7, 11) is 0. The number of aromatic nitrogens is 3. The van der Waals surface area contributed by atoms with Crippen molar-refractivity contribution in [3.63, 3.8) is 0 Å². The zero-order valence-electron chi connectivity index (χ0n) is 15.8. The molecular formula is C22H17N4O3S-. The summed E-state index contributed by atoms with van der Waals surface area (Å²) in [5.74, 6) is -0.257. The smallest absolute Gasteiger partial charge is 0.216 e. The Morgan fingerprint density at radius 1 is 1.13 bits per heavy atom. The van der Waals surface area contributed by atoms with Crippen molar-refractivity contribution in [1.29, 1.82) is 0 Å². The topological polar surface area (TPSA) is 95.3 Å². The second-order valence-corrected chi connectivity index (χ2v) is 6.90. The number of nitrogens with one attached hydrogen (secondary N) is 1. The van der Waals surface area contributed by atoms with E-state index in [-0.39, 0.29) is 0 Å². The highest BCUT2D eigenvalue weighted by Gasteiger charge is 2.09. The summed E-state index contributed by atoms with van der Waals surface area (Å²) in [6, 6.07) is 21.3. The van der Waals surface area contributed by atoms with Gasteiger partial charge in [-0.2, -0.15) is 14.9 Å². The van der Waals surface area contributed by atoms with Crippen LogP contribution in [0, 0.1) is 4.77 Å². The molecule has 0 aliphatic rings. The molecule has 0 saturated carbocycles. The van der Waals surface area contributed by atoms with Crippen molar-refractivity contribution >= 4 is 35.2 Å². The summed E-state index contributed by atoms with van der Waals surface area (Å²) in [5.41, 5.74) is 1.72. The molecule has 0 unspecified atom stereocenters. The zero-order valence-corrected chi connectivity index (χ0v) is 16.6. The van der Waals surface area contributed by atoms with Crippen molar-refractivity contribution in [2.45, 2.75) is 6.42 Å². The van der Waals surface area contributed by atoms with Crippen LogP contribution in [0.5, 0.6) is 5.75 Å². The maximum atomic E-state index is 10.7. The average molecular weight is 417 g/mol. The Kier molecular flexibility index (Phi) is 5.67. The van der Waals surface area contributed by atoms with Gasteiger partial charge in [-0.25, -0.2) is 0 Å². The fourth-order valence-electron chi connectivity index (χ4n) is 3.15. The standard InChI is InChI=1S/C22H18N4O3S/c27-21(28)14-29-19-11-4-2-7-17(19)13-23-26-20(24-25-22(26)30)12-16-9-5-8-15-6-1-3-10-18(15)16/h1-11,13H,12,14H2,(H,25,30)(H,27,28)/p-1/b23-13-. The van der Waals surface area contributed by atoms with Gasteiger partial charge in [0.2, 0.25) is 4.77 Å². The molecule has 4 aromatic rings. The highest BCUT2D eigenvalue weighted by atomic mass is 32.1. The van der Waals surface area contributed by atoms with Crippen molar-refractivity contribution < 1.29 is 14.6 Å². The van der Waals surface area contributed by atoms with E-state index in [2.05, 4.69) is 39.6 Å². The molecular weight excluding hydrogens is 400 g/mol. The molecule has 7 nitrogen and oxygen atoms in total. The average Bonchev–Trinajstić information content (AvgIpc) is 3.10. The number of carboxylic acids is 1. The van der Waals surface area contributed by atoms with E-state index >= 15 is 0 Å². The summed E-state index contributed by atoms with van der Waals surface area (Å²) >= 11 is 5.33. The van der Waals surface area contributed by atoms with Crippen molar-refractivity contribution in [3.05, 3.63) is 88.5 Å². The van der Waals surface area contributed by atoms with Gasteiger partial charge < -0.3 is 14.6 Å². The number of nitrogens with zero attached hydrogens (tertiary/aromatic N) is 3. The Balaban J connectivity index is 1.64. The number of H-pyrrole nitrogens is 1. The number of carboxylic acid groups (broad SMARTS) is 1. The second kappa shape index (κ2) is 8.71. The molecule has 4 rings (SSSR count). The predicted molar refractivity (Wildman–Crippen MR) is 114 cm³/mol. The van der Waals surface area contributed by atoms with E-state index in [1.165, 1.54) is 0 Å². The minimum Gasteiger partial charge on any atom is -0.546 e. The van der Waals surface area contributed by atoms with Gasteiger partial charge in [0, 0.05) is 12.0 Å². The molecule has 0 aliphatic heterocycles. The molecule has 0 fully saturated rings. The lowest BCUT2D eigenvalue weighted by Gasteiger charge is -2.09. The molecule has 3 aromatic carbocycles. The molecule has 0 saturated heterocycles. The van der Waals surface area contributed by atoms with Crippen molar-refractivity contribution in [2.75, 3.05) is 6.61 Å². The number of carbonyl (C=O) groups is 1. The van der Waals surface area contributed by atoms with Crippen LogP contribution in [0.3, 0.4) is 0 Å². The highest BCUT2D eigenvalue weighted by molar-refractivity contribution is 7.71. The third-order valence-corrected chi connectivity index (χ3v) is 4.79. The maximum absolute atomic E-state index is 10.7. The van der Waals surface area contributed by atoms with Crippen LogP contribution in [-0.2, 0) is 11.2 Å². The number of fused-ring (bicyclic) bond motifs is 1. The molecule has 0 atom stereocenters. The summed E-state index contributed by atoms with van der Waals surface area (Å²) < 4.78 is 7.17. The molecule has 0 radical (unpaired) electrons. The van der Waals surface area contributed by atoms with Crippen molar-refractivity contribution in [2.24, 2.45) is 5.10 Å². The monoisotopic (exact) mass is 417 g/mol. The van der Waals surface area contributed by atoms with Crippen LogP contribution in [-0.4, -0.2) is 33.7 Å². The zero-order chi connectivity index (χ0) is 20.9. The lowest BCUT2D eigenvalue weighted by Crippen LogP contribution is -2.29. The van der Waals surface area contributed by atoms with Gasteiger partial charge in [-0.05, 0) is 40.7 Å². The SMILES string of the molecule is O=C([O-])COc1ccccc1/C=N\n1c(Cc2cccc3ccccc23)n[nH]c1=S. The molecule has 0 bridgehead atoms. The second-order valence-electron chi connectivity index (χ2n) is 6.51. The van der Waals surface area contributed by atoms with E-state index in [0.717, 1.165) is 16.3 Å². The number of carbonyl (C=O) groups excluding carboxylic acids is 1. The van der Waals surface area contributed by atoms with Crippen LogP contribution in [0.25, 0.3) is 10.8 Å². The van der Waals surface area contributed by atoms with Crippen LogP contribution in [0.15, 0.2) is 71.8 Å². The molecule has 0 aliphatic carbocycles. The number of ether oxygens (including phenoxy) is 1. The molecule has 150 valence electrons. The number of hydrogen-bond donors (Lipinski definition) is 1. The fourth-order valence-corrected chi connectivity index (χ4v) is 3.35. The molecule has 30 heavy (non-hydrogen) atoms. The Morgan fingerprint density at radius 2 is 1.90 bits per heavy atom. The van der Waals surface area contributed by atoms with E-state index in [0.29, 0.717) is 28.3 Å². The lowest BCUT2D eigenvalue weighted by molar-refractivity contribution is -0.307. The van der Waals surface area contributed by atoms with Crippen LogP contribution in [0.1, 0.15) is 17.0 Å². The van der Waals surface area contributed by atoms with E-state index in [1.807, 2.05) is 18.2 Å². The Labute approximate surface area is 177 Å². The number of benzene rings is 3. The van der Waals surface area contributed by atoms with Gasteiger partial charge in [0.1, 0.15) is 12.4 Å². The summed E-state index contributed by atoms with van der Waals surface area (Å²) in [6.45, 7) is -0.539. The highest BCUT2D eigenvalue weighted by Crippen LogP contribution is 2.21. The van der Waals surface area contributed by atoms with Crippen LogP contribution in [0.4, 0.5) is 0 Å². The van der Waals surface area contributed by atoms with E-state index in [9.17, 15) is 9.90 Å². The third-order valence-electron chi connectivity index (χ3n) is 4.52. The predicted octanol–water partition coefficient (Wildman–Crippen LogP) is 2.70. The summed E-state index contributed by atoms with van der Waals surface area (Å²) in [4.78, 5) is 10.7. The summed E-state index contributed by atoms with van der Waals surface area (Å²) in [5, 5.41) is 24.5. The number of para-hydroxylation sites is 1. The van der Waals surface area contributed by atoms with Crippen molar-refractivity contribution in [1.82, 2.24) is 14.9 Å². The first kappa shape index (κ1) is 19.5. The van der Waals surface area contributed by atoms with Gasteiger partial charge in [-0.1, -0.05) is 54.6 Å². The number of rotatable bonds is 7. The minimum atomic E-state index is -1.30. The van der Waals surface area contributed by atoms with Crippen LogP contribution >= 0.6 is 12.2 Å². The first-order chi connectivity index (χ1) is 14.6. The Hall–Kier alpha value is -3.78. The summed E-state index contributed by atoms with van der Waals surface area (Å²) in [6.07, 6.45) is 2.09. The Bertz CT molecular complexity index is 1290. The molecule has 1 heterocycles. The van der Waals surface area contributed by atoms with Crippen LogP contribution < -0.4 is 9.84 Å². The molecule has 0 spiro atoms. The molecule has 1 aromatic heterocycles. The molecule has 8 heteroatoms. The largest absolute Gasteiger partial charge is 0.546 e. The normalized spacial score (nSPS) is 11.2. The maximum Gasteiger partial charge on any atom is 0.216 e. The van der Waals surface area contributed by atoms with Crippen molar-refractivity contribution in [3.8, 4) is 5.75 Å². The van der Waals surface area contributed by atoms with Gasteiger partial charge in [-0.15, -0.1) is 0 Å². The van der Waals surface area contributed by atoms with Gasteiger partial charge in [0.15, 0.2) is 5.82 Å². The van der Waals surface area contributed by atoms with E-state index in [1.54, 1.807) is 35.2 Å². The van der Waals surface area contributed by atoms with Gasteiger partial charge >= 0.3 is 0 Å². The number of aliphatic carboxylic acids is 1. The molecule has 0 amide bonds.